The van der Waals surface area contributed by atoms with Crippen LogP contribution in [-0.4, -0.2) is 33.6 Å². The predicted octanol–water partition coefficient (Wildman–Crippen LogP) is 3.40. The highest BCUT2D eigenvalue weighted by molar-refractivity contribution is 6.16. The minimum Gasteiger partial charge on any atom is -0.325 e. The first-order valence-electron chi connectivity index (χ1n) is 7.03. The van der Waals surface area contributed by atoms with E-state index in [-0.39, 0.29) is 5.82 Å². The summed E-state index contributed by atoms with van der Waals surface area (Å²) >= 11 is 5.97. The van der Waals surface area contributed by atoms with Crippen LogP contribution in [0, 0.1) is 5.82 Å². The second-order valence-corrected chi connectivity index (χ2v) is 5.89. The van der Waals surface area contributed by atoms with Crippen molar-refractivity contribution in [3.8, 4) is 0 Å². The molecule has 1 heterocycles. The zero-order valence-electron chi connectivity index (χ0n) is 11.8. The van der Waals surface area contributed by atoms with Gasteiger partial charge in [0, 0.05) is 18.6 Å². The molecule has 20 heavy (non-hydrogen) atoms. The van der Waals surface area contributed by atoms with Crippen LogP contribution in [0.1, 0.15) is 25.6 Å². The summed E-state index contributed by atoms with van der Waals surface area (Å²) in [4.78, 5) is 6.73. The monoisotopic (exact) mass is 295 g/mol. The Hall–Kier alpha value is -1.13. The van der Waals surface area contributed by atoms with Crippen LogP contribution in [0.5, 0.6) is 0 Å². The molecule has 5 heteroatoms. The summed E-state index contributed by atoms with van der Waals surface area (Å²) in [6.45, 7) is 2.98. The molecular weight excluding hydrogens is 277 g/mol. The first-order chi connectivity index (χ1) is 9.61. The largest absolute Gasteiger partial charge is 0.325 e. The van der Waals surface area contributed by atoms with Crippen molar-refractivity contribution in [2.45, 2.75) is 44.3 Å². The van der Waals surface area contributed by atoms with Crippen LogP contribution < -0.4 is 0 Å². The second kappa shape index (κ2) is 5.34. The molecule has 3 nitrogen and oxygen atoms in total. The quantitative estimate of drug-likeness (QED) is 0.788. The van der Waals surface area contributed by atoms with Gasteiger partial charge in [-0.05, 0) is 38.9 Å². The molecule has 0 aliphatic heterocycles. The molecule has 0 N–H and O–H groups in total. The molecule has 0 spiro atoms. The van der Waals surface area contributed by atoms with E-state index in [2.05, 4.69) is 28.4 Å². The Morgan fingerprint density at radius 3 is 2.90 bits per heavy atom. The SMILES string of the molecule is CC(Cn1c(CCl)nc2c(F)cccc21)N(C)C1CC1. The molecule has 1 fully saturated rings. The maximum absolute atomic E-state index is 13.8. The van der Waals surface area contributed by atoms with E-state index in [0.717, 1.165) is 17.9 Å². The lowest BCUT2D eigenvalue weighted by Crippen LogP contribution is -2.34. The highest BCUT2D eigenvalue weighted by atomic mass is 35.5. The van der Waals surface area contributed by atoms with Gasteiger partial charge in [-0.2, -0.15) is 0 Å². The van der Waals surface area contributed by atoms with Gasteiger partial charge in [0.15, 0.2) is 5.82 Å². The first kappa shape index (κ1) is 13.8. The van der Waals surface area contributed by atoms with Crippen molar-refractivity contribution in [1.82, 2.24) is 14.5 Å². The molecule has 0 radical (unpaired) electrons. The average Bonchev–Trinajstić information content (AvgIpc) is 3.22. The Bertz CT molecular complexity index is 621. The number of nitrogens with zero attached hydrogens (tertiary/aromatic N) is 3. The molecule has 108 valence electrons. The zero-order valence-corrected chi connectivity index (χ0v) is 12.6. The van der Waals surface area contributed by atoms with Crippen LogP contribution >= 0.6 is 11.6 Å². The second-order valence-electron chi connectivity index (χ2n) is 5.63. The zero-order chi connectivity index (χ0) is 14.3. The average molecular weight is 296 g/mol. The van der Waals surface area contributed by atoms with E-state index in [9.17, 15) is 4.39 Å². The lowest BCUT2D eigenvalue weighted by Gasteiger charge is -2.25. The number of para-hydroxylation sites is 1. The molecule has 1 aliphatic carbocycles. The number of aromatic nitrogens is 2. The Morgan fingerprint density at radius 2 is 2.25 bits per heavy atom. The number of hydrogen-bond donors (Lipinski definition) is 0. The number of fused-ring (bicyclic) bond motifs is 1. The number of imidazole rings is 1. The number of halogens is 2. The highest BCUT2D eigenvalue weighted by Gasteiger charge is 2.29. The van der Waals surface area contributed by atoms with Crippen molar-refractivity contribution < 1.29 is 4.39 Å². The lowest BCUT2D eigenvalue weighted by atomic mass is 10.2. The molecular formula is C15H19ClFN3. The van der Waals surface area contributed by atoms with Crippen LogP contribution in [0.3, 0.4) is 0 Å². The Kier molecular flexibility index (Phi) is 3.69. The number of benzene rings is 1. The van der Waals surface area contributed by atoms with E-state index < -0.39 is 0 Å². The maximum atomic E-state index is 13.8. The topological polar surface area (TPSA) is 21.1 Å². The maximum Gasteiger partial charge on any atom is 0.151 e. The highest BCUT2D eigenvalue weighted by Crippen LogP contribution is 2.28. The summed E-state index contributed by atoms with van der Waals surface area (Å²) in [5, 5.41) is 0. The van der Waals surface area contributed by atoms with Gasteiger partial charge in [-0.25, -0.2) is 9.37 Å². The molecule has 0 amide bonds. The van der Waals surface area contributed by atoms with Gasteiger partial charge in [-0.15, -0.1) is 11.6 Å². The van der Waals surface area contributed by atoms with E-state index in [1.54, 1.807) is 6.07 Å². The molecule has 0 bridgehead atoms. The van der Waals surface area contributed by atoms with Gasteiger partial charge in [-0.3, -0.25) is 4.90 Å². The third-order valence-electron chi connectivity index (χ3n) is 4.19. The fraction of sp³-hybridized carbons (Fsp3) is 0.533. The van der Waals surface area contributed by atoms with Crippen LogP contribution in [-0.2, 0) is 12.4 Å². The number of likely N-dealkylation sites (N-methyl/N-ethyl adjacent to an activating group) is 1. The van der Waals surface area contributed by atoms with E-state index in [1.807, 2.05) is 6.07 Å². The fourth-order valence-electron chi connectivity index (χ4n) is 2.70. The van der Waals surface area contributed by atoms with E-state index in [0.29, 0.717) is 23.5 Å². The van der Waals surface area contributed by atoms with Crippen molar-refractivity contribution in [3.05, 3.63) is 29.8 Å². The lowest BCUT2D eigenvalue weighted by molar-refractivity contribution is 0.226. The fourth-order valence-corrected chi connectivity index (χ4v) is 2.91. The van der Waals surface area contributed by atoms with Crippen molar-refractivity contribution in [2.75, 3.05) is 7.05 Å². The van der Waals surface area contributed by atoms with Gasteiger partial charge in [0.25, 0.3) is 0 Å². The van der Waals surface area contributed by atoms with Gasteiger partial charge >= 0.3 is 0 Å². The smallest absolute Gasteiger partial charge is 0.151 e. The van der Waals surface area contributed by atoms with Crippen LogP contribution in [0.4, 0.5) is 4.39 Å². The summed E-state index contributed by atoms with van der Waals surface area (Å²) in [7, 11) is 2.16. The summed E-state index contributed by atoms with van der Waals surface area (Å²) in [6, 6.07) is 6.16. The van der Waals surface area contributed by atoms with Crippen molar-refractivity contribution in [2.24, 2.45) is 0 Å². The minimum absolute atomic E-state index is 0.282. The van der Waals surface area contributed by atoms with Gasteiger partial charge in [0.2, 0.25) is 0 Å². The third-order valence-corrected chi connectivity index (χ3v) is 4.43. The van der Waals surface area contributed by atoms with E-state index >= 15 is 0 Å². The summed E-state index contributed by atoms with van der Waals surface area (Å²) in [5.41, 5.74) is 1.25. The van der Waals surface area contributed by atoms with Crippen LogP contribution in [0.25, 0.3) is 11.0 Å². The Morgan fingerprint density at radius 1 is 1.50 bits per heavy atom. The molecule has 1 unspecified atom stereocenters. The minimum atomic E-state index is -0.282. The molecule has 1 aromatic heterocycles. The molecule has 1 aliphatic rings. The molecule has 0 saturated heterocycles. The van der Waals surface area contributed by atoms with Gasteiger partial charge in [0.05, 0.1) is 11.4 Å². The molecule has 2 aromatic rings. The molecule has 1 aromatic carbocycles. The molecule has 3 rings (SSSR count). The van der Waals surface area contributed by atoms with Crippen molar-refractivity contribution >= 4 is 22.6 Å². The van der Waals surface area contributed by atoms with Crippen LogP contribution in [0.15, 0.2) is 18.2 Å². The standard InChI is InChI=1S/C15H19ClFN3/c1-10(19(2)11-6-7-11)9-20-13-5-3-4-12(17)15(13)18-14(20)8-16/h3-5,10-11H,6-9H2,1-2H3. The van der Waals surface area contributed by atoms with Crippen LogP contribution in [0.2, 0.25) is 0 Å². The number of rotatable bonds is 5. The third kappa shape index (κ3) is 2.42. The Balaban J connectivity index is 1.94. The predicted molar refractivity (Wildman–Crippen MR) is 79.5 cm³/mol. The number of hydrogen-bond acceptors (Lipinski definition) is 2. The van der Waals surface area contributed by atoms with E-state index in [4.69, 9.17) is 11.6 Å². The molecule has 1 saturated carbocycles. The van der Waals surface area contributed by atoms with E-state index in [1.165, 1.54) is 18.9 Å². The molecule has 1 atom stereocenters. The first-order valence-corrected chi connectivity index (χ1v) is 7.56. The van der Waals surface area contributed by atoms with Gasteiger partial charge in [0.1, 0.15) is 11.3 Å². The van der Waals surface area contributed by atoms with Gasteiger partial charge in [-0.1, -0.05) is 6.07 Å². The summed E-state index contributed by atoms with van der Waals surface area (Å²) < 4.78 is 15.9. The summed E-state index contributed by atoms with van der Waals surface area (Å²) in [6.07, 6.45) is 2.56. The van der Waals surface area contributed by atoms with Crippen molar-refractivity contribution in [3.63, 3.8) is 0 Å². The van der Waals surface area contributed by atoms with Crippen molar-refractivity contribution in [1.29, 1.82) is 0 Å². The normalized spacial score (nSPS) is 17.1. The Labute approximate surface area is 123 Å². The summed E-state index contributed by atoms with van der Waals surface area (Å²) in [5.74, 6) is 0.757. The van der Waals surface area contributed by atoms with Gasteiger partial charge < -0.3 is 4.57 Å². The number of alkyl halides is 1.